The van der Waals surface area contributed by atoms with E-state index in [1.54, 1.807) is 6.92 Å². The van der Waals surface area contributed by atoms with Crippen LogP contribution < -0.4 is 5.32 Å². The van der Waals surface area contributed by atoms with Crippen LogP contribution in [0.2, 0.25) is 0 Å². The van der Waals surface area contributed by atoms with Crippen LogP contribution in [0.1, 0.15) is 116 Å². The summed E-state index contributed by atoms with van der Waals surface area (Å²) in [5.41, 5.74) is 10.4. The molecule has 0 aliphatic carbocycles. The van der Waals surface area contributed by atoms with Gasteiger partial charge in [-0.15, -0.1) is 0 Å². The quantitative estimate of drug-likeness (QED) is 0.135. The smallest absolute Gasteiger partial charge is 0.338 e. The number of carboxylic acid groups (broad SMARTS) is 2. The predicted octanol–water partition coefficient (Wildman–Crippen LogP) is 7.36. The summed E-state index contributed by atoms with van der Waals surface area (Å²) in [6.45, 7) is 16.5. The van der Waals surface area contributed by atoms with Gasteiger partial charge < -0.3 is 25.5 Å². The molecule has 0 spiro atoms. The number of aryl methyl sites for hydroxylation is 3. The predicted molar refractivity (Wildman–Crippen MR) is 190 cm³/mol. The van der Waals surface area contributed by atoms with Gasteiger partial charge in [-0.3, -0.25) is 14.6 Å². The largest absolute Gasteiger partial charge is 0.481 e. The van der Waals surface area contributed by atoms with E-state index in [4.69, 9.17) is 9.97 Å². The number of allylic oxidation sites excluding steroid dienone is 1. The van der Waals surface area contributed by atoms with Crippen molar-refractivity contribution in [2.75, 3.05) is 6.54 Å². The van der Waals surface area contributed by atoms with Crippen LogP contribution in [-0.4, -0.2) is 54.5 Å². The second kappa shape index (κ2) is 14.0. The van der Waals surface area contributed by atoms with Gasteiger partial charge in [0, 0.05) is 63.7 Å². The molecular weight excluding hydrogens is 606 g/mol. The number of carbonyl (C=O) groups excluding carboxylic acids is 1. The summed E-state index contributed by atoms with van der Waals surface area (Å²) in [4.78, 5) is 55.4. The number of carbonyl (C=O) groups is 3. The van der Waals surface area contributed by atoms with E-state index in [9.17, 15) is 24.6 Å². The number of fused-ring (bicyclic) bond motifs is 8. The summed E-state index contributed by atoms with van der Waals surface area (Å²) >= 11 is 0. The Kier molecular flexibility index (Phi) is 10.0. The molecule has 10 nitrogen and oxygen atoms in total. The van der Waals surface area contributed by atoms with Gasteiger partial charge >= 0.3 is 11.9 Å². The van der Waals surface area contributed by atoms with E-state index in [1.807, 2.05) is 39.0 Å². The summed E-state index contributed by atoms with van der Waals surface area (Å²) in [6, 6.07) is 5.92. The first-order valence-corrected chi connectivity index (χ1v) is 16.7. The molecule has 0 saturated heterocycles. The van der Waals surface area contributed by atoms with E-state index in [2.05, 4.69) is 41.8 Å². The van der Waals surface area contributed by atoms with E-state index < -0.39 is 11.9 Å². The Morgan fingerprint density at radius 2 is 1.67 bits per heavy atom. The number of aromatic amines is 2. The summed E-state index contributed by atoms with van der Waals surface area (Å²) in [6.07, 6.45) is 4.30. The fourth-order valence-electron chi connectivity index (χ4n) is 7.00. The summed E-state index contributed by atoms with van der Waals surface area (Å²) in [5.74, 6) is -2.96. The summed E-state index contributed by atoms with van der Waals surface area (Å²) in [5, 5.41) is 23.2. The Morgan fingerprint density at radius 1 is 0.958 bits per heavy atom. The fraction of sp³-hybridized carbons (Fsp3) is 0.395. The number of hydrogen-bond acceptors (Lipinski definition) is 5. The minimum absolute atomic E-state index is 0.0138. The molecule has 5 N–H and O–H groups in total. The minimum atomic E-state index is -1.15. The Bertz CT molecular complexity index is 2010. The van der Waals surface area contributed by atoms with Gasteiger partial charge in [0.15, 0.2) is 0 Å². The molecule has 10 heteroatoms. The number of aliphatic carboxylic acids is 2. The van der Waals surface area contributed by atoms with Gasteiger partial charge in [0.25, 0.3) is 0 Å². The molecule has 5 heterocycles. The van der Waals surface area contributed by atoms with Gasteiger partial charge in [0.05, 0.1) is 29.1 Å². The van der Waals surface area contributed by atoms with Crippen LogP contribution >= 0.6 is 0 Å². The van der Waals surface area contributed by atoms with Crippen LogP contribution in [0, 0.1) is 13.8 Å². The van der Waals surface area contributed by atoms with Crippen molar-refractivity contribution in [1.82, 2.24) is 25.3 Å². The zero-order valence-electron chi connectivity index (χ0n) is 28.6. The highest BCUT2D eigenvalue weighted by Gasteiger charge is 2.35. The van der Waals surface area contributed by atoms with Crippen LogP contribution in [0.15, 0.2) is 24.8 Å². The van der Waals surface area contributed by atoms with E-state index in [0.29, 0.717) is 34.8 Å². The van der Waals surface area contributed by atoms with Crippen LogP contribution in [-0.2, 0) is 27.2 Å². The lowest BCUT2D eigenvalue weighted by atomic mass is 9.84. The van der Waals surface area contributed by atoms with Gasteiger partial charge in [-0.05, 0) is 80.5 Å². The van der Waals surface area contributed by atoms with Crippen LogP contribution in [0.5, 0.6) is 0 Å². The molecule has 252 valence electrons. The molecule has 3 aromatic rings. The Morgan fingerprint density at radius 3 is 2.31 bits per heavy atom. The number of nitrogens with zero attached hydrogens (tertiary/aromatic N) is 2. The highest BCUT2D eigenvalue weighted by Crippen LogP contribution is 2.43. The van der Waals surface area contributed by atoms with Crippen molar-refractivity contribution in [2.45, 2.75) is 91.9 Å². The van der Waals surface area contributed by atoms with E-state index in [0.717, 1.165) is 63.6 Å². The number of unbranched alkanes of at least 4 members (excludes halogenated alkanes) is 1. The first-order chi connectivity index (χ1) is 22.9. The van der Waals surface area contributed by atoms with Gasteiger partial charge in [0.1, 0.15) is 0 Å². The number of rotatable bonds is 11. The molecule has 48 heavy (non-hydrogen) atoms. The van der Waals surface area contributed by atoms with E-state index in [-0.39, 0.29) is 48.3 Å². The lowest BCUT2D eigenvalue weighted by Gasteiger charge is -2.18. The zero-order chi connectivity index (χ0) is 34.9. The maximum absolute atomic E-state index is 13.5. The lowest BCUT2D eigenvalue weighted by Crippen LogP contribution is -2.27. The molecule has 2 aliphatic heterocycles. The Hall–Kier alpha value is -4.99. The number of nitrogens with one attached hydrogen (secondary N) is 3. The van der Waals surface area contributed by atoms with Gasteiger partial charge in [-0.25, -0.2) is 9.78 Å². The number of carboxylic acids is 2. The van der Waals surface area contributed by atoms with Gasteiger partial charge in [-0.2, -0.15) is 0 Å². The molecule has 0 fully saturated rings. The highest BCUT2D eigenvalue weighted by atomic mass is 16.4. The first-order valence-electron chi connectivity index (χ1n) is 16.7. The van der Waals surface area contributed by atoms with Crippen molar-refractivity contribution in [2.24, 2.45) is 0 Å². The maximum Gasteiger partial charge on any atom is 0.338 e. The third-order valence-electron chi connectivity index (χ3n) is 9.81. The molecule has 1 amide bonds. The summed E-state index contributed by atoms with van der Waals surface area (Å²) in [7, 11) is 0. The second-order valence-electron chi connectivity index (χ2n) is 12.8. The van der Waals surface area contributed by atoms with Crippen LogP contribution in [0.4, 0.5) is 0 Å². The molecule has 2 atom stereocenters. The van der Waals surface area contributed by atoms with Crippen molar-refractivity contribution >= 4 is 57.1 Å². The average molecular weight is 652 g/mol. The zero-order valence-corrected chi connectivity index (χ0v) is 28.6. The normalized spacial score (nSPS) is 15.9. The van der Waals surface area contributed by atoms with E-state index >= 15 is 0 Å². The maximum atomic E-state index is 13.5. The fourth-order valence-corrected chi connectivity index (χ4v) is 7.00. The van der Waals surface area contributed by atoms with Crippen LogP contribution in [0.25, 0.3) is 39.3 Å². The Labute approximate surface area is 280 Å². The number of aromatic nitrogens is 4. The Balaban J connectivity index is 1.98. The third-order valence-corrected chi connectivity index (χ3v) is 9.81. The molecule has 3 aromatic heterocycles. The standard InChI is InChI=1S/C38H45N5O5/c1-8-11-14-39-33(44)15-26-36-25(12-13-34(45)46)21(6)29(42-36)16-27-19(4)23(9-2)31(40-27)17-28-20(5)24(10-3)32(41-28)18-30-22(7)35(38(47)48)37(26)43-30/h9,16-18,21,25,40-41H,2,8,10-15H2,1,3-7H3,(H,39,44)(H,45,46)(H,47,48). The first kappa shape index (κ1) is 34.3. The third kappa shape index (κ3) is 6.43. The van der Waals surface area contributed by atoms with Gasteiger partial charge in [-0.1, -0.05) is 39.8 Å². The number of H-pyrrole nitrogens is 2. The highest BCUT2D eigenvalue weighted by molar-refractivity contribution is 6.24. The van der Waals surface area contributed by atoms with Crippen molar-refractivity contribution in [3.05, 3.63) is 75.4 Å². The number of amides is 1. The number of hydrogen-bond donors (Lipinski definition) is 5. The average Bonchev–Trinajstić information content (AvgIpc) is 3.71. The molecule has 2 aliphatic rings. The molecule has 0 radical (unpaired) electrons. The van der Waals surface area contributed by atoms with Crippen molar-refractivity contribution in [3.8, 4) is 0 Å². The molecule has 2 unspecified atom stereocenters. The second-order valence-corrected chi connectivity index (χ2v) is 12.8. The topological polar surface area (TPSA) is 161 Å². The van der Waals surface area contributed by atoms with Crippen molar-refractivity contribution in [1.29, 1.82) is 0 Å². The summed E-state index contributed by atoms with van der Waals surface area (Å²) < 4.78 is 0. The van der Waals surface area contributed by atoms with Gasteiger partial charge in [0.2, 0.25) is 5.91 Å². The van der Waals surface area contributed by atoms with Crippen molar-refractivity contribution < 1.29 is 24.6 Å². The molecule has 8 bridgehead atoms. The minimum Gasteiger partial charge on any atom is -0.481 e. The SMILES string of the molecule is C=Cc1c(C)c2cc3nc(c(CC(=O)NCCCC)c4nc(cc5[nH]c(cc1[nH]2)c(C)c5CC)C(C)=C4C(=O)O)C(CCC(=O)O)C3C. The van der Waals surface area contributed by atoms with Crippen molar-refractivity contribution in [3.63, 3.8) is 0 Å². The molecule has 0 aromatic carbocycles. The van der Waals surface area contributed by atoms with E-state index in [1.165, 1.54) is 0 Å². The molecule has 0 saturated carbocycles. The lowest BCUT2D eigenvalue weighted by molar-refractivity contribution is -0.137. The molecular formula is C38H45N5O5. The van der Waals surface area contributed by atoms with Crippen LogP contribution in [0.3, 0.4) is 0 Å². The molecule has 5 rings (SSSR count). The monoisotopic (exact) mass is 651 g/mol.